The lowest BCUT2D eigenvalue weighted by molar-refractivity contribution is 0.110. The van der Waals surface area contributed by atoms with Gasteiger partial charge in [0.2, 0.25) is 0 Å². The summed E-state index contributed by atoms with van der Waals surface area (Å²) in [5.74, 6) is 0. The molecular formula is C12H15BO2. The molecule has 1 aliphatic carbocycles. The van der Waals surface area contributed by atoms with Crippen molar-refractivity contribution in [3.05, 3.63) is 30.3 Å². The normalized spacial score (nSPS) is 30.3. The summed E-state index contributed by atoms with van der Waals surface area (Å²) in [6.45, 7) is 0. The van der Waals surface area contributed by atoms with Crippen LogP contribution in [0.5, 0.6) is 0 Å². The lowest BCUT2D eigenvalue weighted by Gasteiger charge is -2.22. The van der Waals surface area contributed by atoms with Gasteiger partial charge in [-0.3, -0.25) is 0 Å². The maximum atomic E-state index is 5.93. The Kier molecular flexibility index (Phi) is 2.51. The van der Waals surface area contributed by atoms with E-state index in [-0.39, 0.29) is 7.12 Å². The monoisotopic (exact) mass is 202 g/mol. The van der Waals surface area contributed by atoms with E-state index >= 15 is 0 Å². The molecule has 0 radical (unpaired) electrons. The second kappa shape index (κ2) is 3.99. The Hall–Kier alpha value is -0.795. The minimum atomic E-state index is -0.126. The summed E-state index contributed by atoms with van der Waals surface area (Å²) in [5.41, 5.74) is 1.15. The van der Waals surface area contributed by atoms with Crippen LogP contribution in [-0.2, 0) is 9.31 Å². The third-order valence-electron chi connectivity index (χ3n) is 3.31. The zero-order chi connectivity index (χ0) is 10.1. The van der Waals surface area contributed by atoms with Crippen LogP contribution in [0.4, 0.5) is 0 Å². The van der Waals surface area contributed by atoms with Crippen LogP contribution in [0.1, 0.15) is 25.7 Å². The zero-order valence-electron chi connectivity index (χ0n) is 8.76. The van der Waals surface area contributed by atoms with Crippen LogP contribution in [-0.4, -0.2) is 19.3 Å². The second-order valence-corrected chi connectivity index (χ2v) is 4.38. The van der Waals surface area contributed by atoms with Gasteiger partial charge < -0.3 is 9.31 Å². The van der Waals surface area contributed by atoms with E-state index in [2.05, 4.69) is 12.1 Å². The molecule has 3 heteroatoms. The minimum absolute atomic E-state index is 0.126. The van der Waals surface area contributed by atoms with Crippen LogP contribution in [0.15, 0.2) is 30.3 Å². The molecule has 0 N–H and O–H groups in total. The van der Waals surface area contributed by atoms with Gasteiger partial charge in [0.05, 0.1) is 12.2 Å². The zero-order valence-corrected chi connectivity index (χ0v) is 8.76. The van der Waals surface area contributed by atoms with E-state index in [4.69, 9.17) is 9.31 Å². The summed E-state index contributed by atoms with van der Waals surface area (Å²) in [7, 11) is -0.126. The lowest BCUT2D eigenvalue weighted by Crippen LogP contribution is -2.32. The van der Waals surface area contributed by atoms with Crippen molar-refractivity contribution in [2.24, 2.45) is 0 Å². The molecule has 0 unspecified atom stereocenters. The Morgan fingerprint density at radius 3 is 2.13 bits per heavy atom. The Balaban J connectivity index is 1.75. The molecular weight excluding hydrogens is 187 g/mol. The Morgan fingerprint density at radius 2 is 1.53 bits per heavy atom. The molecule has 78 valence electrons. The van der Waals surface area contributed by atoms with Crippen molar-refractivity contribution in [3.8, 4) is 0 Å². The standard InChI is InChI=1S/C12H15BO2/c1-2-6-10(7-3-1)13-14-11-8-4-5-9-12(11)15-13/h1-3,6-7,11-12H,4-5,8-9H2/t11-,12-/m0/s1. The van der Waals surface area contributed by atoms with Crippen LogP contribution >= 0.6 is 0 Å². The highest BCUT2D eigenvalue weighted by molar-refractivity contribution is 6.61. The lowest BCUT2D eigenvalue weighted by atomic mass is 9.79. The summed E-state index contributed by atoms with van der Waals surface area (Å²) < 4.78 is 11.9. The van der Waals surface area contributed by atoms with E-state index in [0.717, 1.165) is 18.3 Å². The van der Waals surface area contributed by atoms with Crippen LogP contribution in [0, 0.1) is 0 Å². The van der Waals surface area contributed by atoms with Gasteiger partial charge in [-0.2, -0.15) is 0 Å². The largest absolute Gasteiger partial charge is 0.494 e. The van der Waals surface area contributed by atoms with Crippen LogP contribution in [0.2, 0.25) is 0 Å². The fourth-order valence-electron chi connectivity index (χ4n) is 2.49. The van der Waals surface area contributed by atoms with Crippen molar-refractivity contribution in [3.63, 3.8) is 0 Å². The van der Waals surface area contributed by atoms with Gasteiger partial charge in [-0.05, 0) is 18.3 Å². The first-order chi connectivity index (χ1) is 7.43. The average Bonchev–Trinajstić information content (AvgIpc) is 2.74. The maximum absolute atomic E-state index is 5.93. The average molecular weight is 202 g/mol. The molecule has 2 fully saturated rings. The van der Waals surface area contributed by atoms with Crippen molar-refractivity contribution in [1.29, 1.82) is 0 Å². The Morgan fingerprint density at radius 1 is 0.933 bits per heavy atom. The van der Waals surface area contributed by atoms with E-state index in [0.29, 0.717) is 12.2 Å². The molecule has 1 aliphatic heterocycles. The van der Waals surface area contributed by atoms with E-state index in [1.807, 2.05) is 18.2 Å². The molecule has 2 aliphatic rings. The number of rotatable bonds is 1. The van der Waals surface area contributed by atoms with Gasteiger partial charge in [-0.15, -0.1) is 0 Å². The highest BCUT2D eigenvalue weighted by atomic mass is 16.7. The maximum Gasteiger partial charge on any atom is 0.494 e. The van der Waals surface area contributed by atoms with Gasteiger partial charge in [-0.1, -0.05) is 43.2 Å². The topological polar surface area (TPSA) is 18.5 Å². The quantitative estimate of drug-likeness (QED) is 0.645. The van der Waals surface area contributed by atoms with Gasteiger partial charge in [0.15, 0.2) is 0 Å². The van der Waals surface area contributed by atoms with Crippen LogP contribution in [0.25, 0.3) is 0 Å². The molecule has 2 nitrogen and oxygen atoms in total. The van der Waals surface area contributed by atoms with Crippen LogP contribution in [0.3, 0.4) is 0 Å². The van der Waals surface area contributed by atoms with Gasteiger partial charge in [0.1, 0.15) is 0 Å². The van der Waals surface area contributed by atoms with Crippen molar-refractivity contribution in [2.75, 3.05) is 0 Å². The van der Waals surface area contributed by atoms with E-state index in [1.165, 1.54) is 12.8 Å². The molecule has 1 heterocycles. The third kappa shape index (κ3) is 1.82. The molecule has 1 saturated heterocycles. The van der Waals surface area contributed by atoms with Gasteiger partial charge in [-0.25, -0.2) is 0 Å². The molecule has 1 saturated carbocycles. The third-order valence-corrected chi connectivity index (χ3v) is 3.31. The number of hydrogen-bond donors (Lipinski definition) is 0. The highest BCUT2D eigenvalue weighted by Gasteiger charge is 2.41. The van der Waals surface area contributed by atoms with Gasteiger partial charge in [0, 0.05) is 0 Å². The molecule has 3 rings (SSSR count). The molecule has 0 amide bonds. The van der Waals surface area contributed by atoms with Gasteiger partial charge >= 0.3 is 7.12 Å². The first kappa shape index (κ1) is 9.43. The summed E-state index contributed by atoms with van der Waals surface area (Å²) in [6, 6.07) is 10.2. The molecule has 0 aromatic heterocycles. The second-order valence-electron chi connectivity index (χ2n) is 4.38. The number of hydrogen-bond acceptors (Lipinski definition) is 2. The van der Waals surface area contributed by atoms with E-state index < -0.39 is 0 Å². The predicted molar refractivity (Wildman–Crippen MR) is 60.0 cm³/mol. The van der Waals surface area contributed by atoms with Crippen molar-refractivity contribution >= 4 is 12.6 Å². The first-order valence-electron chi connectivity index (χ1n) is 5.79. The molecule has 0 bridgehead atoms. The fraction of sp³-hybridized carbons (Fsp3) is 0.500. The molecule has 1 aromatic carbocycles. The minimum Gasteiger partial charge on any atom is -0.402 e. The fourth-order valence-corrected chi connectivity index (χ4v) is 2.49. The molecule has 2 atom stereocenters. The molecule has 1 aromatic rings. The molecule has 0 spiro atoms. The first-order valence-corrected chi connectivity index (χ1v) is 5.79. The van der Waals surface area contributed by atoms with Crippen molar-refractivity contribution < 1.29 is 9.31 Å². The molecule has 15 heavy (non-hydrogen) atoms. The van der Waals surface area contributed by atoms with Gasteiger partial charge in [0.25, 0.3) is 0 Å². The van der Waals surface area contributed by atoms with Crippen LogP contribution < -0.4 is 5.46 Å². The number of fused-ring (bicyclic) bond motifs is 1. The summed E-state index contributed by atoms with van der Waals surface area (Å²) in [4.78, 5) is 0. The van der Waals surface area contributed by atoms with Crippen molar-refractivity contribution in [1.82, 2.24) is 0 Å². The summed E-state index contributed by atoms with van der Waals surface area (Å²) in [6.07, 6.45) is 5.56. The smallest absolute Gasteiger partial charge is 0.402 e. The SMILES string of the molecule is c1ccc(B2O[C@H]3CCCC[C@@H]3O2)cc1. The Labute approximate surface area is 90.7 Å². The summed E-state index contributed by atoms with van der Waals surface area (Å²) >= 11 is 0. The van der Waals surface area contributed by atoms with Crippen molar-refractivity contribution in [2.45, 2.75) is 37.9 Å². The summed E-state index contributed by atoms with van der Waals surface area (Å²) in [5, 5.41) is 0. The Bertz CT molecular complexity index is 314. The number of benzene rings is 1. The predicted octanol–water partition coefficient (Wildman–Crippen LogP) is 1.74. The van der Waals surface area contributed by atoms with E-state index in [1.54, 1.807) is 0 Å². The highest BCUT2D eigenvalue weighted by Crippen LogP contribution is 2.29. The van der Waals surface area contributed by atoms with E-state index in [9.17, 15) is 0 Å².